The molecule has 11 nitrogen and oxygen atoms in total. The first-order valence-electron chi connectivity index (χ1n) is 13.2. The van der Waals surface area contributed by atoms with E-state index in [9.17, 15) is 4.79 Å². The number of rotatable bonds is 8. The quantitative estimate of drug-likeness (QED) is 0.370. The van der Waals surface area contributed by atoms with Gasteiger partial charge in [-0.3, -0.25) is 4.79 Å². The van der Waals surface area contributed by atoms with Crippen LogP contribution in [-0.4, -0.2) is 86.7 Å². The SMILES string of the molecule is C=CC(=O)N[C@H]1CCOC[C@H]1Nc1ncc2cc(-c3c(Cl)c(OC)cc(OC)c3Cl)nc(N3CC4(COC4)C3)c2n1. The Bertz CT molecular complexity index is 1480. The normalized spacial score (nSPS) is 21.1. The van der Waals surface area contributed by atoms with Gasteiger partial charge in [-0.2, -0.15) is 0 Å². The highest BCUT2D eigenvalue weighted by atomic mass is 35.5. The van der Waals surface area contributed by atoms with E-state index in [1.807, 2.05) is 6.07 Å². The van der Waals surface area contributed by atoms with Gasteiger partial charge in [0.2, 0.25) is 11.9 Å². The van der Waals surface area contributed by atoms with Crippen LogP contribution in [0.25, 0.3) is 22.2 Å². The van der Waals surface area contributed by atoms with Crippen LogP contribution in [0.15, 0.2) is 31.0 Å². The molecule has 1 amide bonds. The number of ether oxygens (including phenoxy) is 4. The van der Waals surface area contributed by atoms with Gasteiger partial charge < -0.3 is 34.5 Å². The van der Waals surface area contributed by atoms with Gasteiger partial charge >= 0.3 is 0 Å². The van der Waals surface area contributed by atoms with Gasteiger partial charge in [0.05, 0.1) is 67.3 Å². The third kappa shape index (κ3) is 5.12. The number of halogens is 2. The summed E-state index contributed by atoms with van der Waals surface area (Å²) in [6, 6.07) is 3.12. The van der Waals surface area contributed by atoms with Gasteiger partial charge in [-0.25, -0.2) is 15.0 Å². The second kappa shape index (κ2) is 11.1. The van der Waals surface area contributed by atoms with Gasteiger partial charge in [-0.05, 0) is 18.6 Å². The minimum atomic E-state index is -0.236. The standard InChI is InChI=1S/C28H30Cl2N6O5/c1-4-21(37)32-16-5-6-40-10-18(16)34-27-31-9-15-7-17(22-23(29)19(38-2)8-20(39-3)24(22)30)33-26(25(15)35-27)36-11-28(12-36)13-41-14-28/h4,7-9,16,18H,1,5-6,10-14H2,2-3H3,(H,32,37)(H,31,34,35)/t16-,18+/m0/s1. The van der Waals surface area contributed by atoms with Crippen molar-refractivity contribution in [2.24, 2.45) is 5.41 Å². The predicted molar refractivity (Wildman–Crippen MR) is 156 cm³/mol. The number of carbonyl (C=O) groups is 1. The van der Waals surface area contributed by atoms with Crippen LogP contribution >= 0.6 is 23.2 Å². The van der Waals surface area contributed by atoms with Crippen LogP contribution in [0.2, 0.25) is 10.0 Å². The Balaban J connectivity index is 1.41. The summed E-state index contributed by atoms with van der Waals surface area (Å²) in [5.74, 6) is 1.70. The fraction of sp³-hybridized carbons (Fsp3) is 0.429. The van der Waals surface area contributed by atoms with Gasteiger partial charge in [0, 0.05) is 42.9 Å². The van der Waals surface area contributed by atoms with Crippen LogP contribution < -0.4 is 25.0 Å². The molecular formula is C28H30Cl2N6O5. The van der Waals surface area contributed by atoms with Gasteiger partial charge in [0.25, 0.3) is 0 Å². The number of benzene rings is 1. The third-order valence-corrected chi connectivity index (χ3v) is 8.48. The number of anilines is 2. The molecule has 1 aromatic carbocycles. The van der Waals surface area contributed by atoms with Crippen molar-refractivity contribution >= 4 is 51.8 Å². The van der Waals surface area contributed by atoms with Crippen molar-refractivity contribution in [3.05, 3.63) is 41.0 Å². The van der Waals surface area contributed by atoms with Crippen LogP contribution in [0.3, 0.4) is 0 Å². The molecule has 41 heavy (non-hydrogen) atoms. The maximum Gasteiger partial charge on any atom is 0.243 e. The number of nitrogens with one attached hydrogen (secondary N) is 2. The molecule has 0 unspecified atom stereocenters. The summed E-state index contributed by atoms with van der Waals surface area (Å²) in [6.45, 7) is 7.54. The first-order chi connectivity index (χ1) is 19.8. The lowest BCUT2D eigenvalue weighted by molar-refractivity contribution is -0.127. The van der Waals surface area contributed by atoms with E-state index in [1.54, 1.807) is 12.3 Å². The number of nitrogens with zero attached hydrogens (tertiary/aromatic N) is 4. The topological polar surface area (TPSA) is 120 Å². The molecule has 2 atom stereocenters. The zero-order valence-corrected chi connectivity index (χ0v) is 24.2. The summed E-state index contributed by atoms with van der Waals surface area (Å²) in [4.78, 5) is 28.7. The predicted octanol–water partition coefficient (Wildman–Crippen LogP) is 3.72. The van der Waals surface area contributed by atoms with Gasteiger partial charge in [-0.1, -0.05) is 29.8 Å². The zero-order valence-electron chi connectivity index (χ0n) is 22.7. The summed E-state index contributed by atoms with van der Waals surface area (Å²) in [5, 5.41) is 7.73. The van der Waals surface area contributed by atoms with E-state index in [1.165, 1.54) is 20.3 Å². The minimum absolute atomic E-state index is 0.141. The van der Waals surface area contributed by atoms with E-state index in [-0.39, 0.29) is 23.4 Å². The van der Waals surface area contributed by atoms with Crippen molar-refractivity contribution in [3.63, 3.8) is 0 Å². The van der Waals surface area contributed by atoms with Crippen molar-refractivity contribution in [2.75, 3.05) is 64.0 Å². The molecule has 216 valence electrons. The average molecular weight is 601 g/mol. The lowest BCUT2D eigenvalue weighted by atomic mass is 9.78. The Morgan fingerprint density at radius 1 is 1.12 bits per heavy atom. The van der Waals surface area contributed by atoms with Crippen molar-refractivity contribution in [2.45, 2.75) is 18.5 Å². The molecule has 3 aromatic rings. The smallest absolute Gasteiger partial charge is 0.243 e. The van der Waals surface area contributed by atoms with Crippen molar-refractivity contribution in [1.29, 1.82) is 0 Å². The third-order valence-electron chi connectivity index (χ3n) is 7.73. The van der Waals surface area contributed by atoms with Crippen LogP contribution in [0, 0.1) is 5.41 Å². The first kappa shape index (κ1) is 27.8. The Hall–Kier alpha value is -3.38. The zero-order chi connectivity index (χ0) is 28.7. The fourth-order valence-corrected chi connectivity index (χ4v) is 6.19. The number of pyridine rings is 1. The number of carbonyl (C=O) groups excluding carboxylic acids is 1. The second-order valence-electron chi connectivity index (χ2n) is 10.5. The van der Waals surface area contributed by atoms with Gasteiger partial charge in [-0.15, -0.1) is 0 Å². The molecule has 0 bridgehead atoms. The summed E-state index contributed by atoms with van der Waals surface area (Å²) in [6.07, 6.45) is 3.66. The molecule has 0 saturated carbocycles. The lowest BCUT2D eigenvalue weighted by Crippen LogP contribution is -2.66. The maximum absolute atomic E-state index is 12.0. The number of aromatic nitrogens is 3. The van der Waals surface area contributed by atoms with E-state index in [0.29, 0.717) is 69.7 Å². The summed E-state index contributed by atoms with van der Waals surface area (Å²) >= 11 is 13.5. The molecular weight excluding hydrogens is 571 g/mol. The highest BCUT2D eigenvalue weighted by Crippen LogP contribution is 2.47. The first-order valence-corrected chi connectivity index (χ1v) is 14.0. The highest BCUT2D eigenvalue weighted by molar-refractivity contribution is 6.41. The fourth-order valence-electron chi connectivity index (χ4n) is 5.50. The van der Waals surface area contributed by atoms with Crippen LogP contribution in [0.4, 0.5) is 11.8 Å². The monoisotopic (exact) mass is 600 g/mol. The Kier molecular flexibility index (Phi) is 7.54. The molecule has 6 rings (SSSR count). The molecule has 1 spiro atoms. The summed E-state index contributed by atoms with van der Waals surface area (Å²) in [7, 11) is 3.07. The molecule has 0 radical (unpaired) electrons. The number of amides is 1. The number of fused-ring (bicyclic) bond motifs is 1. The Morgan fingerprint density at radius 2 is 1.85 bits per heavy atom. The largest absolute Gasteiger partial charge is 0.495 e. The molecule has 5 heterocycles. The van der Waals surface area contributed by atoms with Crippen molar-refractivity contribution < 1.29 is 23.7 Å². The van der Waals surface area contributed by atoms with E-state index in [4.69, 9.17) is 52.1 Å². The van der Waals surface area contributed by atoms with E-state index in [2.05, 4.69) is 27.1 Å². The van der Waals surface area contributed by atoms with Crippen molar-refractivity contribution in [3.8, 4) is 22.8 Å². The van der Waals surface area contributed by atoms with Crippen LogP contribution in [-0.2, 0) is 14.3 Å². The highest BCUT2D eigenvalue weighted by Gasteiger charge is 2.50. The molecule has 3 aliphatic rings. The van der Waals surface area contributed by atoms with Gasteiger partial charge in [0.15, 0.2) is 5.82 Å². The molecule has 3 fully saturated rings. The maximum atomic E-state index is 12.0. The minimum Gasteiger partial charge on any atom is -0.495 e. The molecule has 2 N–H and O–H groups in total. The number of hydrogen-bond donors (Lipinski definition) is 2. The van der Waals surface area contributed by atoms with Crippen LogP contribution in [0.1, 0.15) is 6.42 Å². The molecule has 3 aliphatic heterocycles. The van der Waals surface area contributed by atoms with Crippen LogP contribution in [0.5, 0.6) is 11.5 Å². The van der Waals surface area contributed by atoms with E-state index >= 15 is 0 Å². The summed E-state index contributed by atoms with van der Waals surface area (Å²) in [5.41, 5.74) is 1.86. The molecule has 3 saturated heterocycles. The molecule has 13 heteroatoms. The summed E-state index contributed by atoms with van der Waals surface area (Å²) < 4.78 is 22.1. The average Bonchev–Trinajstić information content (AvgIpc) is 2.93. The molecule has 0 aliphatic carbocycles. The Labute approximate surface area is 247 Å². The van der Waals surface area contributed by atoms with E-state index < -0.39 is 0 Å². The van der Waals surface area contributed by atoms with Gasteiger partial charge in [0.1, 0.15) is 17.0 Å². The van der Waals surface area contributed by atoms with Crippen molar-refractivity contribution in [1.82, 2.24) is 20.3 Å². The number of hydrogen-bond acceptors (Lipinski definition) is 10. The lowest BCUT2D eigenvalue weighted by Gasteiger charge is -2.55. The number of methoxy groups -OCH3 is 2. The Morgan fingerprint density at radius 3 is 2.49 bits per heavy atom. The second-order valence-corrected chi connectivity index (χ2v) is 11.3. The van der Waals surface area contributed by atoms with E-state index in [0.717, 1.165) is 31.7 Å². The molecule has 2 aromatic heterocycles.